The predicted octanol–water partition coefficient (Wildman–Crippen LogP) is 5.09. The summed E-state index contributed by atoms with van der Waals surface area (Å²) in [6.45, 7) is 10.1. The summed E-state index contributed by atoms with van der Waals surface area (Å²) >= 11 is 0. The summed E-state index contributed by atoms with van der Waals surface area (Å²) in [7, 11) is -1.34. The Balaban J connectivity index is 1.53. The number of fused-ring (bicyclic) bond motifs is 1. The fraction of sp³-hybridized carbons (Fsp3) is 0.516. The van der Waals surface area contributed by atoms with Crippen molar-refractivity contribution in [2.24, 2.45) is 5.92 Å². The summed E-state index contributed by atoms with van der Waals surface area (Å²) in [4.78, 5) is 30.9. The number of carboxylic acid groups (broad SMARTS) is 1. The maximum absolute atomic E-state index is 14.7. The highest BCUT2D eigenvalue weighted by Crippen LogP contribution is 2.39. The van der Waals surface area contributed by atoms with E-state index < -0.39 is 38.0 Å². The number of carbonyl (C=O) groups excluding carboxylic acids is 1. The molecule has 3 N–H and O–H groups in total. The Kier molecular flexibility index (Phi) is 9.09. The van der Waals surface area contributed by atoms with Crippen LogP contribution in [0.1, 0.15) is 35.3 Å². The van der Waals surface area contributed by atoms with Gasteiger partial charge in [0.1, 0.15) is 23.8 Å². The van der Waals surface area contributed by atoms with Gasteiger partial charge in [-0.25, -0.2) is 9.18 Å². The summed E-state index contributed by atoms with van der Waals surface area (Å²) in [5.74, 6) is 0.240. The van der Waals surface area contributed by atoms with E-state index in [1.54, 1.807) is 18.3 Å². The third-order valence-electron chi connectivity index (χ3n) is 8.21. The largest absolute Gasteiger partial charge is 0.493 e. The summed E-state index contributed by atoms with van der Waals surface area (Å²) in [5, 5.41) is 22.8. The molecule has 0 radical (unpaired) electrons. The molecular formula is C31H41FN4O6Si. The topological polar surface area (TPSA) is 126 Å². The molecule has 1 saturated carbocycles. The van der Waals surface area contributed by atoms with Crippen LogP contribution in [0.15, 0.2) is 30.5 Å². The molecular weight excluding hydrogens is 571 g/mol. The van der Waals surface area contributed by atoms with E-state index in [-0.39, 0.29) is 26.2 Å². The number of nitrogens with zero attached hydrogens (tertiary/aromatic N) is 3. The molecule has 43 heavy (non-hydrogen) atoms. The van der Waals surface area contributed by atoms with E-state index in [2.05, 4.69) is 29.9 Å². The van der Waals surface area contributed by atoms with Crippen molar-refractivity contribution in [1.29, 1.82) is 0 Å². The number of pyridine rings is 1. The summed E-state index contributed by atoms with van der Waals surface area (Å²) < 4.78 is 28.8. The van der Waals surface area contributed by atoms with Crippen molar-refractivity contribution in [3.8, 4) is 16.9 Å². The number of halogens is 1. The lowest BCUT2D eigenvalue weighted by molar-refractivity contribution is 0.0391. The molecule has 2 aliphatic rings. The second-order valence-electron chi connectivity index (χ2n) is 12.9. The number of piperidine rings is 1. The standard InChI is InChI=1S/C31H41FN4O6Si/c1-19-27(30(38)34-24-10-12-35(31(39)40)16-25(24)37)28-29(36(19)18-41-13-14-43(2,3)4)22(9-11-33-28)23-15-21(32)7-8-26(23)42-17-20-5-6-20/h7-9,11,15,20,24-25,37H,5-6,10,12-14,16-18H2,1-4H3,(H,34,38)(H,39,40)/t24-,25-/m1/s1. The molecule has 1 saturated heterocycles. The molecule has 1 aliphatic carbocycles. The number of amides is 2. The third kappa shape index (κ3) is 7.19. The van der Waals surface area contributed by atoms with Gasteiger partial charge in [0.15, 0.2) is 0 Å². The lowest BCUT2D eigenvalue weighted by atomic mass is 10.0. The van der Waals surface area contributed by atoms with Gasteiger partial charge >= 0.3 is 6.09 Å². The number of benzene rings is 1. The molecule has 10 nitrogen and oxygen atoms in total. The number of aliphatic hydroxyl groups is 1. The molecule has 2 fully saturated rings. The molecule has 1 aromatic carbocycles. The van der Waals surface area contributed by atoms with Gasteiger partial charge < -0.3 is 34.5 Å². The fourth-order valence-electron chi connectivity index (χ4n) is 5.41. The quantitative estimate of drug-likeness (QED) is 0.203. The van der Waals surface area contributed by atoms with Crippen LogP contribution in [0.5, 0.6) is 5.75 Å². The number of hydrogen-bond donors (Lipinski definition) is 3. The number of likely N-dealkylation sites (tertiary alicyclic amines) is 1. The number of hydrogen-bond acceptors (Lipinski definition) is 6. The maximum atomic E-state index is 14.7. The van der Waals surface area contributed by atoms with Crippen LogP contribution in [0.25, 0.3) is 22.2 Å². The summed E-state index contributed by atoms with van der Waals surface area (Å²) in [5.41, 5.74) is 3.24. The summed E-state index contributed by atoms with van der Waals surface area (Å²) in [6.07, 6.45) is 1.96. The van der Waals surface area contributed by atoms with Gasteiger partial charge in [0.25, 0.3) is 5.91 Å². The van der Waals surface area contributed by atoms with E-state index in [0.29, 0.717) is 58.3 Å². The van der Waals surface area contributed by atoms with Gasteiger partial charge in [-0.1, -0.05) is 19.6 Å². The Labute approximate surface area is 251 Å². The zero-order valence-corrected chi connectivity index (χ0v) is 26.2. The normalized spacial score (nSPS) is 19.1. The molecule has 2 aromatic heterocycles. The second-order valence-corrected chi connectivity index (χ2v) is 18.5. The van der Waals surface area contributed by atoms with Gasteiger partial charge in [0, 0.05) is 44.2 Å². The number of nitrogens with one attached hydrogen (secondary N) is 1. The minimum atomic E-state index is -1.34. The highest BCUT2D eigenvalue weighted by molar-refractivity contribution is 6.76. The minimum Gasteiger partial charge on any atom is -0.493 e. The lowest BCUT2D eigenvalue weighted by Gasteiger charge is -2.34. The van der Waals surface area contributed by atoms with Gasteiger partial charge in [-0.15, -0.1) is 0 Å². The first-order chi connectivity index (χ1) is 20.4. The van der Waals surface area contributed by atoms with Crippen LogP contribution in [0.2, 0.25) is 25.7 Å². The van der Waals surface area contributed by atoms with Gasteiger partial charge in [-0.05, 0) is 62.4 Å². The number of aliphatic hydroxyl groups excluding tert-OH is 1. The number of ether oxygens (including phenoxy) is 2. The summed E-state index contributed by atoms with van der Waals surface area (Å²) in [6, 6.07) is 6.62. The van der Waals surface area contributed by atoms with E-state index in [9.17, 15) is 24.2 Å². The van der Waals surface area contributed by atoms with Crippen LogP contribution >= 0.6 is 0 Å². The Bertz CT molecular complexity index is 1500. The number of aromatic nitrogens is 2. The van der Waals surface area contributed by atoms with Crippen molar-refractivity contribution in [1.82, 2.24) is 19.8 Å². The number of carbonyl (C=O) groups is 2. The van der Waals surface area contributed by atoms with Crippen molar-refractivity contribution in [3.63, 3.8) is 0 Å². The molecule has 1 aliphatic heterocycles. The molecule has 2 atom stereocenters. The average molecular weight is 613 g/mol. The van der Waals surface area contributed by atoms with Crippen LogP contribution in [-0.2, 0) is 11.5 Å². The van der Waals surface area contributed by atoms with Crippen LogP contribution in [0.3, 0.4) is 0 Å². The third-order valence-corrected chi connectivity index (χ3v) is 9.92. The van der Waals surface area contributed by atoms with Crippen LogP contribution in [0, 0.1) is 18.7 Å². The average Bonchev–Trinajstić information content (AvgIpc) is 3.73. The highest BCUT2D eigenvalue weighted by Gasteiger charge is 2.33. The first-order valence-electron chi connectivity index (χ1n) is 14.9. The van der Waals surface area contributed by atoms with Crippen molar-refractivity contribution in [2.75, 3.05) is 26.3 Å². The van der Waals surface area contributed by atoms with E-state index in [0.717, 1.165) is 23.8 Å². The molecule has 5 rings (SSSR count). The second kappa shape index (κ2) is 12.6. The van der Waals surface area contributed by atoms with Crippen LogP contribution in [0.4, 0.5) is 9.18 Å². The zero-order chi connectivity index (χ0) is 30.9. The lowest BCUT2D eigenvalue weighted by Crippen LogP contribution is -2.55. The number of β-amino-alcohol motifs (C(OH)–C–C–N with tert-alkyl or cyclic N) is 1. The van der Waals surface area contributed by atoms with E-state index >= 15 is 0 Å². The van der Waals surface area contributed by atoms with Crippen molar-refractivity contribution in [3.05, 3.63) is 47.5 Å². The Morgan fingerprint density at radius 1 is 1.16 bits per heavy atom. The van der Waals surface area contributed by atoms with E-state index in [4.69, 9.17) is 9.47 Å². The molecule has 3 aromatic rings. The van der Waals surface area contributed by atoms with E-state index in [1.165, 1.54) is 12.1 Å². The first-order valence-corrected chi connectivity index (χ1v) is 18.6. The smallest absolute Gasteiger partial charge is 0.407 e. The first kappa shape index (κ1) is 31.0. The minimum absolute atomic E-state index is 0.0858. The Morgan fingerprint density at radius 3 is 2.60 bits per heavy atom. The van der Waals surface area contributed by atoms with Gasteiger partial charge in [-0.2, -0.15) is 0 Å². The SMILES string of the molecule is Cc1c(C(=O)N[C@@H]2CCN(C(=O)O)C[C@H]2O)c2nccc(-c3cc(F)ccc3OCC3CC3)c2n1COCC[Si](C)(C)C. The fourth-order valence-corrected chi connectivity index (χ4v) is 6.17. The molecule has 3 heterocycles. The van der Waals surface area contributed by atoms with E-state index in [1.807, 2.05) is 11.5 Å². The zero-order valence-electron chi connectivity index (χ0n) is 25.2. The van der Waals surface area contributed by atoms with Crippen molar-refractivity contribution in [2.45, 2.75) is 70.7 Å². The van der Waals surface area contributed by atoms with Crippen LogP contribution < -0.4 is 10.1 Å². The van der Waals surface area contributed by atoms with Crippen molar-refractivity contribution >= 4 is 31.1 Å². The van der Waals surface area contributed by atoms with Gasteiger partial charge in [-0.3, -0.25) is 9.78 Å². The van der Waals surface area contributed by atoms with Gasteiger partial charge in [0.05, 0.1) is 36.4 Å². The Hall–Kier alpha value is -3.48. The number of rotatable bonds is 11. The molecule has 12 heteroatoms. The van der Waals surface area contributed by atoms with Crippen molar-refractivity contribution < 1.29 is 33.7 Å². The highest BCUT2D eigenvalue weighted by atomic mass is 28.3. The molecule has 232 valence electrons. The molecule has 0 bridgehead atoms. The molecule has 0 unspecified atom stereocenters. The maximum Gasteiger partial charge on any atom is 0.407 e. The molecule has 0 spiro atoms. The predicted molar refractivity (Wildman–Crippen MR) is 164 cm³/mol. The monoisotopic (exact) mass is 612 g/mol. The van der Waals surface area contributed by atoms with Gasteiger partial charge in [0.2, 0.25) is 0 Å². The van der Waals surface area contributed by atoms with Crippen LogP contribution in [-0.4, -0.2) is 83.2 Å². The molecule has 2 amide bonds. The Morgan fingerprint density at radius 2 is 1.93 bits per heavy atom.